The lowest BCUT2D eigenvalue weighted by Gasteiger charge is -2.54. The van der Waals surface area contributed by atoms with Crippen molar-refractivity contribution in [2.24, 2.45) is 16.7 Å². The molecule has 18 heavy (non-hydrogen) atoms. The van der Waals surface area contributed by atoms with E-state index in [1.165, 1.54) is 6.42 Å². The first-order valence-corrected chi connectivity index (χ1v) is 6.95. The first-order chi connectivity index (χ1) is 8.36. The second-order valence-corrected chi connectivity index (χ2v) is 7.04. The third kappa shape index (κ3) is 1.43. The largest absolute Gasteiger partial charge is 0.458 e. The van der Waals surface area contributed by atoms with Gasteiger partial charge in [0.05, 0.1) is 6.10 Å². The van der Waals surface area contributed by atoms with Gasteiger partial charge in [0.1, 0.15) is 6.61 Å². The van der Waals surface area contributed by atoms with E-state index < -0.39 is 6.10 Å². The van der Waals surface area contributed by atoms with Gasteiger partial charge < -0.3 is 9.84 Å². The van der Waals surface area contributed by atoms with Gasteiger partial charge in [-0.2, -0.15) is 0 Å². The molecule has 0 radical (unpaired) electrons. The zero-order chi connectivity index (χ0) is 13.1. The van der Waals surface area contributed by atoms with E-state index in [-0.39, 0.29) is 16.8 Å². The number of hydrogen-bond acceptors (Lipinski definition) is 3. The Morgan fingerprint density at radius 3 is 2.72 bits per heavy atom. The van der Waals surface area contributed by atoms with Crippen LogP contribution in [0.15, 0.2) is 11.1 Å². The summed E-state index contributed by atoms with van der Waals surface area (Å²) < 4.78 is 5.18. The number of hydrogen-bond donors (Lipinski definition) is 1. The minimum Gasteiger partial charge on any atom is -0.458 e. The van der Waals surface area contributed by atoms with Crippen LogP contribution in [0.4, 0.5) is 0 Å². The molecule has 0 aromatic rings. The van der Waals surface area contributed by atoms with Crippen molar-refractivity contribution < 1.29 is 14.6 Å². The highest BCUT2D eigenvalue weighted by molar-refractivity contribution is 5.94. The highest BCUT2D eigenvalue weighted by atomic mass is 16.5. The van der Waals surface area contributed by atoms with Crippen LogP contribution >= 0.6 is 0 Å². The number of carbonyl (C=O) groups is 1. The van der Waals surface area contributed by atoms with Gasteiger partial charge in [0.2, 0.25) is 0 Å². The molecule has 0 bridgehead atoms. The molecule has 1 heterocycles. The van der Waals surface area contributed by atoms with Gasteiger partial charge in [-0.1, -0.05) is 27.2 Å². The number of ether oxygens (including phenoxy) is 1. The van der Waals surface area contributed by atoms with E-state index in [1.54, 1.807) is 0 Å². The summed E-state index contributed by atoms with van der Waals surface area (Å²) in [5.74, 6) is 0.187. The summed E-state index contributed by atoms with van der Waals surface area (Å²) >= 11 is 0. The summed E-state index contributed by atoms with van der Waals surface area (Å²) in [7, 11) is 0. The molecule has 0 aromatic heterocycles. The molecule has 3 rings (SSSR count). The molecule has 0 amide bonds. The molecule has 1 saturated carbocycles. The molecule has 0 saturated heterocycles. The normalized spacial score (nSPS) is 42.3. The standard InChI is InChI=1S/C15H22O3/c1-14(2)5-4-6-15(3)11(14)7-10(16)9-8-18-13(17)12(9)15/h10-11,16H,4-8H2,1-3H3/t10-,11+,15-/m0/s1. The van der Waals surface area contributed by atoms with Gasteiger partial charge in [0, 0.05) is 16.6 Å². The Kier molecular flexibility index (Phi) is 2.44. The molecule has 1 aliphatic heterocycles. The molecule has 3 heteroatoms. The Bertz CT molecular complexity index is 435. The number of aliphatic hydroxyl groups is 1. The quantitative estimate of drug-likeness (QED) is 0.672. The maximum atomic E-state index is 12.0. The summed E-state index contributed by atoms with van der Waals surface area (Å²) in [6, 6.07) is 0. The fourth-order valence-corrected chi connectivity index (χ4v) is 4.65. The Morgan fingerprint density at radius 1 is 1.28 bits per heavy atom. The Balaban J connectivity index is 2.12. The maximum absolute atomic E-state index is 12.0. The van der Waals surface area contributed by atoms with Crippen LogP contribution in [0.2, 0.25) is 0 Å². The zero-order valence-electron chi connectivity index (χ0n) is 11.5. The lowest BCUT2D eigenvalue weighted by molar-refractivity contribution is -0.138. The van der Waals surface area contributed by atoms with Crippen LogP contribution in [0.3, 0.4) is 0 Å². The minimum absolute atomic E-state index is 0.0934. The van der Waals surface area contributed by atoms with Crippen molar-refractivity contribution in [3.8, 4) is 0 Å². The van der Waals surface area contributed by atoms with Gasteiger partial charge in [0.15, 0.2) is 0 Å². The van der Waals surface area contributed by atoms with Crippen molar-refractivity contribution in [2.75, 3.05) is 6.61 Å². The number of rotatable bonds is 0. The molecule has 1 N–H and O–H groups in total. The number of esters is 1. The molecule has 3 nitrogen and oxygen atoms in total. The van der Waals surface area contributed by atoms with Crippen LogP contribution < -0.4 is 0 Å². The van der Waals surface area contributed by atoms with E-state index in [0.717, 1.165) is 30.4 Å². The predicted molar refractivity (Wildman–Crippen MR) is 67.8 cm³/mol. The van der Waals surface area contributed by atoms with E-state index >= 15 is 0 Å². The van der Waals surface area contributed by atoms with E-state index in [1.807, 2.05) is 0 Å². The van der Waals surface area contributed by atoms with Crippen molar-refractivity contribution in [3.05, 3.63) is 11.1 Å². The van der Waals surface area contributed by atoms with Crippen molar-refractivity contribution in [3.63, 3.8) is 0 Å². The second-order valence-electron chi connectivity index (χ2n) is 7.04. The highest BCUT2D eigenvalue weighted by Crippen LogP contribution is 2.60. The number of aliphatic hydroxyl groups excluding tert-OH is 1. The van der Waals surface area contributed by atoms with Gasteiger partial charge in [0.25, 0.3) is 0 Å². The Hall–Kier alpha value is -0.830. The van der Waals surface area contributed by atoms with Crippen molar-refractivity contribution in [1.82, 2.24) is 0 Å². The predicted octanol–water partition coefficient (Wildman–Crippen LogP) is 2.44. The third-order valence-electron chi connectivity index (χ3n) is 5.55. The molecule has 0 unspecified atom stereocenters. The SMILES string of the molecule is CC1(C)CCC[C@]2(C)C3=C(COC3=O)[C@@H](O)C[C@H]12. The summed E-state index contributed by atoms with van der Waals surface area (Å²) in [5, 5.41) is 10.3. The topological polar surface area (TPSA) is 46.5 Å². The molecular formula is C15H22O3. The lowest BCUT2D eigenvalue weighted by atomic mass is 9.50. The zero-order valence-corrected chi connectivity index (χ0v) is 11.5. The number of fused-ring (bicyclic) bond motifs is 2. The molecule has 100 valence electrons. The fourth-order valence-electron chi connectivity index (χ4n) is 4.65. The summed E-state index contributed by atoms with van der Waals surface area (Å²) in [6.07, 6.45) is 3.67. The van der Waals surface area contributed by atoms with Crippen molar-refractivity contribution in [1.29, 1.82) is 0 Å². The third-order valence-corrected chi connectivity index (χ3v) is 5.55. The lowest BCUT2D eigenvalue weighted by Crippen LogP contribution is -2.49. The van der Waals surface area contributed by atoms with E-state index in [0.29, 0.717) is 12.5 Å². The van der Waals surface area contributed by atoms with Crippen LogP contribution in [0.1, 0.15) is 46.5 Å². The summed E-state index contributed by atoms with van der Waals surface area (Å²) in [6.45, 7) is 7.05. The van der Waals surface area contributed by atoms with Gasteiger partial charge in [-0.3, -0.25) is 0 Å². The first-order valence-electron chi connectivity index (χ1n) is 6.95. The Labute approximate surface area is 108 Å². The average molecular weight is 250 g/mol. The summed E-state index contributed by atoms with van der Waals surface area (Å²) in [4.78, 5) is 12.0. The molecule has 0 aromatic carbocycles. The molecular weight excluding hydrogens is 228 g/mol. The van der Waals surface area contributed by atoms with Crippen LogP contribution in [0.5, 0.6) is 0 Å². The monoisotopic (exact) mass is 250 g/mol. The fraction of sp³-hybridized carbons (Fsp3) is 0.800. The van der Waals surface area contributed by atoms with E-state index in [4.69, 9.17) is 4.74 Å². The summed E-state index contributed by atoms with van der Waals surface area (Å²) in [5.41, 5.74) is 1.76. The molecule has 0 spiro atoms. The van der Waals surface area contributed by atoms with Crippen LogP contribution in [0, 0.1) is 16.7 Å². The minimum atomic E-state index is -0.484. The number of cyclic esters (lactones) is 1. The average Bonchev–Trinajstić information content (AvgIpc) is 2.66. The second kappa shape index (κ2) is 3.60. The maximum Gasteiger partial charge on any atom is 0.335 e. The van der Waals surface area contributed by atoms with Gasteiger partial charge in [-0.25, -0.2) is 4.79 Å². The smallest absolute Gasteiger partial charge is 0.335 e. The Morgan fingerprint density at radius 2 is 2.00 bits per heavy atom. The molecule has 3 atom stereocenters. The van der Waals surface area contributed by atoms with Crippen molar-refractivity contribution in [2.45, 2.75) is 52.6 Å². The van der Waals surface area contributed by atoms with Crippen LogP contribution in [0.25, 0.3) is 0 Å². The first kappa shape index (κ1) is 12.2. The van der Waals surface area contributed by atoms with Gasteiger partial charge >= 0.3 is 5.97 Å². The molecule has 3 aliphatic rings. The number of carbonyl (C=O) groups excluding carboxylic acids is 1. The van der Waals surface area contributed by atoms with Crippen LogP contribution in [-0.4, -0.2) is 23.8 Å². The molecule has 1 fully saturated rings. The van der Waals surface area contributed by atoms with E-state index in [2.05, 4.69) is 20.8 Å². The molecule has 2 aliphatic carbocycles. The van der Waals surface area contributed by atoms with Gasteiger partial charge in [-0.15, -0.1) is 0 Å². The van der Waals surface area contributed by atoms with E-state index in [9.17, 15) is 9.90 Å². The van der Waals surface area contributed by atoms with Crippen molar-refractivity contribution >= 4 is 5.97 Å². The highest BCUT2D eigenvalue weighted by Gasteiger charge is 2.56. The van der Waals surface area contributed by atoms with Crippen LogP contribution in [-0.2, 0) is 9.53 Å². The van der Waals surface area contributed by atoms with Gasteiger partial charge in [-0.05, 0) is 30.6 Å².